The molecule has 2 rings (SSSR count). The van der Waals surface area contributed by atoms with Gasteiger partial charge in [-0.2, -0.15) is 0 Å². The molecular formula is C12H22N2O. The van der Waals surface area contributed by atoms with Crippen LogP contribution in [0.3, 0.4) is 0 Å². The van der Waals surface area contributed by atoms with E-state index in [1.54, 1.807) is 0 Å². The van der Waals surface area contributed by atoms with Gasteiger partial charge in [-0.3, -0.25) is 0 Å². The highest BCUT2D eigenvalue weighted by Crippen LogP contribution is 2.37. The van der Waals surface area contributed by atoms with E-state index in [-0.39, 0.29) is 6.03 Å². The summed E-state index contributed by atoms with van der Waals surface area (Å²) < 4.78 is 0. The second-order valence-corrected chi connectivity index (χ2v) is 4.94. The molecule has 0 radical (unpaired) electrons. The Morgan fingerprint density at radius 2 is 2.00 bits per heavy atom. The van der Waals surface area contributed by atoms with Gasteiger partial charge in [-0.25, -0.2) is 4.79 Å². The van der Waals surface area contributed by atoms with Gasteiger partial charge in [0, 0.05) is 19.6 Å². The number of rotatable bonds is 3. The highest BCUT2D eigenvalue weighted by Gasteiger charge is 2.37. The summed E-state index contributed by atoms with van der Waals surface area (Å²) in [4.78, 5) is 13.8. The number of carbonyl (C=O) groups excluding carboxylic acids is 1. The van der Waals surface area contributed by atoms with Crippen LogP contribution in [-0.2, 0) is 0 Å². The molecule has 2 aliphatic rings. The molecule has 3 heteroatoms. The molecule has 1 N–H and O–H groups in total. The van der Waals surface area contributed by atoms with E-state index in [0.29, 0.717) is 0 Å². The highest BCUT2D eigenvalue weighted by molar-refractivity contribution is 5.74. The van der Waals surface area contributed by atoms with E-state index in [1.807, 2.05) is 4.90 Å². The van der Waals surface area contributed by atoms with Crippen LogP contribution in [0.5, 0.6) is 0 Å². The van der Waals surface area contributed by atoms with Gasteiger partial charge in [-0.05, 0) is 31.1 Å². The van der Waals surface area contributed by atoms with Gasteiger partial charge in [0.2, 0.25) is 0 Å². The third kappa shape index (κ3) is 2.44. The summed E-state index contributed by atoms with van der Waals surface area (Å²) in [5.74, 6) is 1.61. The first-order valence-corrected chi connectivity index (χ1v) is 6.34. The number of hydrogen-bond donors (Lipinski definition) is 1. The van der Waals surface area contributed by atoms with Gasteiger partial charge in [0.15, 0.2) is 0 Å². The molecule has 86 valence electrons. The van der Waals surface area contributed by atoms with Gasteiger partial charge >= 0.3 is 6.03 Å². The van der Waals surface area contributed by atoms with E-state index in [9.17, 15) is 4.79 Å². The van der Waals surface area contributed by atoms with E-state index < -0.39 is 0 Å². The second-order valence-electron chi connectivity index (χ2n) is 4.94. The monoisotopic (exact) mass is 210 g/mol. The number of hydrogen-bond acceptors (Lipinski definition) is 1. The van der Waals surface area contributed by atoms with Crippen molar-refractivity contribution in [2.75, 3.05) is 19.6 Å². The van der Waals surface area contributed by atoms with Crippen molar-refractivity contribution < 1.29 is 4.79 Å². The summed E-state index contributed by atoms with van der Waals surface area (Å²) in [5, 5.41) is 3.00. The number of carbonyl (C=O) groups is 1. The lowest BCUT2D eigenvalue weighted by atomic mass is 10.0. The third-order valence-corrected chi connectivity index (χ3v) is 3.82. The number of unbranched alkanes of at least 4 members (excludes halogenated alkanes) is 1. The summed E-state index contributed by atoms with van der Waals surface area (Å²) in [6.45, 7) is 4.98. The van der Waals surface area contributed by atoms with Crippen LogP contribution in [0.4, 0.5) is 4.79 Å². The Balaban J connectivity index is 1.73. The molecule has 0 aromatic carbocycles. The number of fused-ring (bicyclic) bond motifs is 1. The molecule has 0 aromatic heterocycles. The second kappa shape index (κ2) is 4.86. The van der Waals surface area contributed by atoms with Crippen molar-refractivity contribution in [1.29, 1.82) is 0 Å². The van der Waals surface area contributed by atoms with Crippen LogP contribution in [-0.4, -0.2) is 30.6 Å². The molecule has 1 saturated carbocycles. The molecule has 1 heterocycles. The van der Waals surface area contributed by atoms with Gasteiger partial charge in [0.25, 0.3) is 0 Å². The van der Waals surface area contributed by atoms with Gasteiger partial charge in [0.05, 0.1) is 0 Å². The number of likely N-dealkylation sites (tertiary alicyclic amines) is 1. The fourth-order valence-corrected chi connectivity index (χ4v) is 2.88. The van der Waals surface area contributed by atoms with E-state index >= 15 is 0 Å². The normalized spacial score (nSPS) is 29.3. The van der Waals surface area contributed by atoms with Crippen LogP contribution in [0.25, 0.3) is 0 Å². The zero-order valence-electron chi connectivity index (χ0n) is 9.67. The Morgan fingerprint density at radius 3 is 2.60 bits per heavy atom. The first kappa shape index (κ1) is 10.8. The molecule has 2 amide bonds. The molecule has 15 heavy (non-hydrogen) atoms. The Morgan fingerprint density at radius 1 is 1.33 bits per heavy atom. The summed E-state index contributed by atoms with van der Waals surface area (Å²) in [6.07, 6.45) is 6.28. The van der Waals surface area contributed by atoms with Gasteiger partial charge in [0.1, 0.15) is 0 Å². The molecule has 2 atom stereocenters. The standard InChI is InChI=1S/C12H22N2O/c1-2-3-7-13-12(15)14-8-10-5-4-6-11(10)9-14/h10-11H,2-9H2,1H3,(H,13,15). The minimum atomic E-state index is 0.165. The number of nitrogens with zero attached hydrogens (tertiary/aromatic N) is 1. The van der Waals surface area contributed by atoms with Crippen molar-refractivity contribution in [1.82, 2.24) is 10.2 Å². The van der Waals surface area contributed by atoms with Crippen molar-refractivity contribution in [3.8, 4) is 0 Å². The average Bonchev–Trinajstić information content (AvgIpc) is 2.76. The molecule has 0 spiro atoms. The van der Waals surface area contributed by atoms with Crippen LogP contribution >= 0.6 is 0 Å². The highest BCUT2D eigenvalue weighted by atomic mass is 16.2. The molecule has 3 nitrogen and oxygen atoms in total. The Kier molecular flexibility index (Phi) is 3.49. The molecule has 1 saturated heterocycles. The maximum absolute atomic E-state index is 11.8. The average molecular weight is 210 g/mol. The smallest absolute Gasteiger partial charge is 0.317 e. The zero-order valence-corrected chi connectivity index (χ0v) is 9.67. The Hall–Kier alpha value is -0.730. The lowest BCUT2D eigenvalue weighted by molar-refractivity contribution is 0.205. The fraction of sp³-hybridized carbons (Fsp3) is 0.917. The van der Waals surface area contributed by atoms with Crippen LogP contribution < -0.4 is 5.32 Å². The lowest BCUT2D eigenvalue weighted by Crippen LogP contribution is -2.39. The Bertz CT molecular complexity index is 218. The topological polar surface area (TPSA) is 32.3 Å². The van der Waals surface area contributed by atoms with E-state index in [4.69, 9.17) is 0 Å². The predicted octanol–water partition coefficient (Wildman–Crippen LogP) is 2.23. The predicted molar refractivity (Wildman–Crippen MR) is 60.7 cm³/mol. The maximum atomic E-state index is 11.8. The van der Waals surface area contributed by atoms with Crippen molar-refractivity contribution in [2.24, 2.45) is 11.8 Å². The first-order chi connectivity index (χ1) is 7.31. The summed E-state index contributed by atoms with van der Waals surface area (Å²) in [6, 6.07) is 0.165. The largest absolute Gasteiger partial charge is 0.338 e. The number of nitrogens with one attached hydrogen (secondary N) is 1. The van der Waals surface area contributed by atoms with E-state index in [1.165, 1.54) is 19.3 Å². The summed E-state index contributed by atoms with van der Waals surface area (Å²) in [7, 11) is 0. The summed E-state index contributed by atoms with van der Waals surface area (Å²) >= 11 is 0. The minimum Gasteiger partial charge on any atom is -0.338 e. The van der Waals surface area contributed by atoms with Crippen molar-refractivity contribution in [3.05, 3.63) is 0 Å². The fourth-order valence-electron chi connectivity index (χ4n) is 2.88. The molecule has 2 fully saturated rings. The molecule has 0 bridgehead atoms. The number of urea groups is 1. The van der Waals surface area contributed by atoms with Gasteiger partial charge < -0.3 is 10.2 Å². The first-order valence-electron chi connectivity index (χ1n) is 6.34. The van der Waals surface area contributed by atoms with Gasteiger partial charge in [-0.1, -0.05) is 19.8 Å². The van der Waals surface area contributed by atoms with Crippen LogP contribution in [0.1, 0.15) is 39.0 Å². The van der Waals surface area contributed by atoms with Gasteiger partial charge in [-0.15, -0.1) is 0 Å². The van der Waals surface area contributed by atoms with Crippen molar-refractivity contribution in [2.45, 2.75) is 39.0 Å². The minimum absolute atomic E-state index is 0.165. The van der Waals surface area contributed by atoms with Crippen molar-refractivity contribution in [3.63, 3.8) is 0 Å². The molecular weight excluding hydrogens is 188 g/mol. The lowest BCUT2D eigenvalue weighted by Gasteiger charge is -2.17. The SMILES string of the molecule is CCCCNC(=O)N1CC2CCCC2C1. The van der Waals surface area contributed by atoms with Crippen molar-refractivity contribution >= 4 is 6.03 Å². The van der Waals surface area contributed by atoms with Crippen LogP contribution in [0.15, 0.2) is 0 Å². The van der Waals surface area contributed by atoms with E-state index in [0.717, 1.165) is 44.3 Å². The molecule has 1 aliphatic carbocycles. The molecule has 2 unspecified atom stereocenters. The van der Waals surface area contributed by atoms with Crippen LogP contribution in [0.2, 0.25) is 0 Å². The molecule has 1 aliphatic heterocycles. The Labute approximate surface area is 92.2 Å². The van der Waals surface area contributed by atoms with Crippen LogP contribution in [0, 0.1) is 11.8 Å². The summed E-state index contributed by atoms with van der Waals surface area (Å²) in [5.41, 5.74) is 0. The molecule has 0 aromatic rings. The quantitative estimate of drug-likeness (QED) is 0.712. The third-order valence-electron chi connectivity index (χ3n) is 3.82. The number of amides is 2. The zero-order chi connectivity index (χ0) is 10.7. The van der Waals surface area contributed by atoms with E-state index in [2.05, 4.69) is 12.2 Å². The maximum Gasteiger partial charge on any atom is 0.317 e.